The van der Waals surface area contributed by atoms with Gasteiger partial charge in [0, 0.05) is 0 Å². The van der Waals surface area contributed by atoms with Gasteiger partial charge in [0.05, 0.1) is 0 Å². The molecule has 0 heterocycles. The maximum absolute atomic E-state index is 11.4. The lowest BCUT2D eigenvalue weighted by Gasteiger charge is -2.22. The highest BCUT2D eigenvalue weighted by molar-refractivity contribution is 5.80. The number of nitrogens with two attached hydrogens (primary N) is 1. The van der Waals surface area contributed by atoms with Crippen molar-refractivity contribution in [3.8, 4) is 0 Å². The lowest BCUT2D eigenvalue weighted by atomic mass is 10.1. The minimum absolute atomic E-state index is 0.0674. The summed E-state index contributed by atoms with van der Waals surface area (Å²) in [7, 11) is 0. The minimum Gasteiger partial charge on any atom is -0.480 e. The van der Waals surface area contributed by atoms with Gasteiger partial charge in [0.1, 0.15) is 17.7 Å². The summed E-state index contributed by atoms with van der Waals surface area (Å²) < 4.78 is 4.91. The second-order valence-electron chi connectivity index (χ2n) is 5.06. The third-order valence-corrected chi connectivity index (χ3v) is 2.07. The third kappa shape index (κ3) is 7.98. The predicted octanol–water partition coefficient (Wildman–Crippen LogP) is 0.156. The second-order valence-corrected chi connectivity index (χ2v) is 5.06. The maximum atomic E-state index is 11.4. The largest absolute Gasteiger partial charge is 0.480 e. The first kappa shape index (κ1) is 17.2. The minimum atomic E-state index is -1.27. The first-order chi connectivity index (χ1) is 8.53. The molecule has 19 heavy (non-hydrogen) atoms. The summed E-state index contributed by atoms with van der Waals surface area (Å²) in [6.07, 6.45) is -1.03. The van der Waals surface area contributed by atoms with E-state index in [1.807, 2.05) is 0 Å². The van der Waals surface area contributed by atoms with Crippen molar-refractivity contribution in [2.75, 3.05) is 0 Å². The van der Waals surface area contributed by atoms with Crippen molar-refractivity contribution < 1.29 is 29.3 Å². The highest BCUT2D eigenvalue weighted by Crippen LogP contribution is 2.08. The molecule has 0 radical (unpaired) electrons. The van der Waals surface area contributed by atoms with Crippen LogP contribution in [0.15, 0.2) is 0 Å². The fraction of sp³-hybridized carbons (Fsp3) is 0.727. The Balaban J connectivity index is 4.39. The number of nitrogens with one attached hydrogen (secondary N) is 1. The molecule has 0 rings (SSSR count). The summed E-state index contributed by atoms with van der Waals surface area (Å²) in [6, 6.07) is -2.40. The molecule has 1 amide bonds. The van der Waals surface area contributed by atoms with Crippen LogP contribution in [0.4, 0.5) is 4.79 Å². The number of ether oxygens (including phenoxy) is 1. The molecule has 0 aliphatic carbocycles. The van der Waals surface area contributed by atoms with E-state index in [0.29, 0.717) is 0 Å². The van der Waals surface area contributed by atoms with Gasteiger partial charge in [-0.05, 0) is 33.6 Å². The van der Waals surface area contributed by atoms with Gasteiger partial charge in [0.25, 0.3) is 0 Å². The molecule has 2 atom stereocenters. The normalized spacial score (nSPS) is 14.3. The van der Waals surface area contributed by atoms with Crippen molar-refractivity contribution in [3.05, 3.63) is 0 Å². The predicted molar refractivity (Wildman–Crippen MR) is 65.6 cm³/mol. The summed E-state index contributed by atoms with van der Waals surface area (Å²) in [6.45, 7) is 4.92. The van der Waals surface area contributed by atoms with E-state index in [0.717, 1.165) is 0 Å². The number of hydrogen-bond acceptors (Lipinski definition) is 5. The van der Waals surface area contributed by atoms with Crippen molar-refractivity contribution in [2.24, 2.45) is 5.73 Å². The lowest BCUT2D eigenvalue weighted by molar-refractivity contribution is -0.141. The fourth-order valence-electron chi connectivity index (χ4n) is 1.18. The Morgan fingerprint density at radius 1 is 1.16 bits per heavy atom. The van der Waals surface area contributed by atoms with Gasteiger partial charge in [-0.25, -0.2) is 9.59 Å². The van der Waals surface area contributed by atoms with Crippen LogP contribution >= 0.6 is 0 Å². The SMILES string of the molecule is CC(C)(C)OC(=O)N[C@@H](CC[C@@H](N)C(=O)O)C(=O)O. The van der Waals surface area contributed by atoms with Gasteiger partial charge in [-0.3, -0.25) is 4.79 Å². The van der Waals surface area contributed by atoms with E-state index >= 15 is 0 Å². The van der Waals surface area contributed by atoms with Gasteiger partial charge in [0.15, 0.2) is 0 Å². The van der Waals surface area contributed by atoms with E-state index in [-0.39, 0.29) is 12.8 Å². The molecule has 0 fully saturated rings. The van der Waals surface area contributed by atoms with Gasteiger partial charge in [-0.1, -0.05) is 0 Å². The topological polar surface area (TPSA) is 139 Å². The van der Waals surface area contributed by atoms with E-state index < -0.39 is 35.7 Å². The standard InChI is InChI=1S/C11H20N2O6/c1-11(2,3)19-10(18)13-7(9(16)17)5-4-6(12)8(14)15/h6-7H,4-5,12H2,1-3H3,(H,13,18)(H,14,15)(H,16,17)/t6-,7+/m1/s1. The molecule has 0 aliphatic heterocycles. The number of alkyl carbamates (subject to hydrolysis) is 1. The molecule has 0 aliphatic rings. The van der Waals surface area contributed by atoms with E-state index in [1.165, 1.54) is 0 Å². The van der Waals surface area contributed by atoms with Crippen LogP contribution in [0.5, 0.6) is 0 Å². The summed E-state index contributed by atoms with van der Waals surface area (Å²) in [5, 5.41) is 19.7. The van der Waals surface area contributed by atoms with Crippen molar-refractivity contribution in [1.82, 2.24) is 5.32 Å². The number of amides is 1. The number of rotatable bonds is 6. The molecule has 0 bridgehead atoms. The molecular formula is C11H20N2O6. The zero-order chi connectivity index (χ0) is 15.2. The van der Waals surface area contributed by atoms with Crippen LogP contribution in [0.25, 0.3) is 0 Å². The quantitative estimate of drug-likeness (QED) is 0.541. The molecule has 8 nitrogen and oxygen atoms in total. The Morgan fingerprint density at radius 2 is 1.68 bits per heavy atom. The zero-order valence-corrected chi connectivity index (χ0v) is 11.2. The molecule has 0 aromatic rings. The van der Waals surface area contributed by atoms with Crippen LogP contribution < -0.4 is 11.1 Å². The van der Waals surface area contributed by atoms with Crippen molar-refractivity contribution in [1.29, 1.82) is 0 Å². The van der Waals surface area contributed by atoms with E-state index in [9.17, 15) is 14.4 Å². The number of carboxylic acid groups (broad SMARTS) is 2. The maximum Gasteiger partial charge on any atom is 0.408 e. The van der Waals surface area contributed by atoms with Gasteiger partial charge in [0.2, 0.25) is 0 Å². The van der Waals surface area contributed by atoms with Crippen LogP contribution in [0.2, 0.25) is 0 Å². The Labute approximate surface area is 110 Å². The monoisotopic (exact) mass is 276 g/mol. The van der Waals surface area contributed by atoms with Crippen molar-refractivity contribution >= 4 is 18.0 Å². The van der Waals surface area contributed by atoms with Gasteiger partial charge < -0.3 is 26.0 Å². The highest BCUT2D eigenvalue weighted by Gasteiger charge is 2.25. The van der Waals surface area contributed by atoms with Crippen molar-refractivity contribution in [2.45, 2.75) is 51.3 Å². The van der Waals surface area contributed by atoms with Crippen LogP contribution in [0.3, 0.4) is 0 Å². The lowest BCUT2D eigenvalue weighted by Crippen LogP contribution is -2.44. The number of carbonyl (C=O) groups is 3. The van der Waals surface area contributed by atoms with E-state index in [1.54, 1.807) is 20.8 Å². The summed E-state index contributed by atoms with van der Waals surface area (Å²) in [4.78, 5) is 32.8. The van der Waals surface area contributed by atoms with Crippen LogP contribution in [-0.4, -0.2) is 45.9 Å². The molecule has 5 N–H and O–H groups in total. The van der Waals surface area contributed by atoms with E-state index in [2.05, 4.69) is 5.32 Å². The van der Waals surface area contributed by atoms with Gasteiger partial charge >= 0.3 is 18.0 Å². The first-order valence-electron chi connectivity index (χ1n) is 5.73. The Morgan fingerprint density at radius 3 is 2.05 bits per heavy atom. The Kier molecular flexibility index (Phi) is 6.26. The molecule has 8 heteroatoms. The van der Waals surface area contributed by atoms with Gasteiger partial charge in [-0.15, -0.1) is 0 Å². The van der Waals surface area contributed by atoms with E-state index in [4.69, 9.17) is 20.7 Å². The molecule has 0 aromatic carbocycles. The Bertz CT molecular complexity index is 350. The van der Waals surface area contributed by atoms with Crippen molar-refractivity contribution in [3.63, 3.8) is 0 Å². The molecule has 0 aromatic heterocycles. The summed E-state index contributed by atoms with van der Waals surface area (Å²) >= 11 is 0. The Hall–Kier alpha value is -1.83. The average Bonchev–Trinajstić information content (AvgIpc) is 2.20. The molecular weight excluding hydrogens is 256 g/mol. The first-order valence-corrected chi connectivity index (χ1v) is 5.73. The second kappa shape index (κ2) is 6.93. The molecule has 0 saturated heterocycles. The smallest absolute Gasteiger partial charge is 0.408 e. The molecule has 110 valence electrons. The zero-order valence-electron chi connectivity index (χ0n) is 11.2. The number of carbonyl (C=O) groups excluding carboxylic acids is 1. The molecule has 0 saturated carbocycles. The van der Waals surface area contributed by atoms with Crippen LogP contribution in [0, 0.1) is 0 Å². The number of aliphatic carboxylic acids is 2. The summed E-state index contributed by atoms with van der Waals surface area (Å²) in [5.74, 6) is -2.50. The van der Waals surface area contributed by atoms with Crippen LogP contribution in [-0.2, 0) is 14.3 Å². The fourth-order valence-corrected chi connectivity index (χ4v) is 1.18. The third-order valence-electron chi connectivity index (χ3n) is 2.07. The summed E-state index contributed by atoms with van der Waals surface area (Å²) in [5.41, 5.74) is 4.52. The number of carboxylic acids is 2. The average molecular weight is 276 g/mol. The molecule has 0 spiro atoms. The highest BCUT2D eigenvalue weighted by atomic mass is 16.6. The van der Waals surface area contributed by atoms with Gasteiger partial charge in [-0.2, -0.15) is 0 Å². The van der Waals surface area contributed by atoms with Crippen LogP contribution in [0.1, 0.15) is 33.6 Å². The molecule has 0 unspecified atom stereocenters. The number of hydrogen-bond donors (Lipinski definition) is 4.